The number of anilines is 2. The van der Waals surface area contributed by atoms with E-state index in [1.54, 1.807) is 13.8 Å². The van der Waals surface area contributed by atoms with Crippen LogP contribution < -0.4 is 10.2 Å². The fraction of sp³-hybridized carbons (Fsp3) is 0.280. The third-order valence-electron chi connectivity index (χ3n) is 5.76. The number of fused-ring (bicyclic) bond motifs is 1. The van der Waals surface area contributed by atoms with Crippen LogP contribution in [0.15, 0.2) is 54.6 Å². The van der Waals surface area contributed by atoms with Crippen molar-refractivity contribution in [2.24, 2.45) is 0 Å². The summed E-state index contributed by atoms with van der Waals surface area (Å²) in [4.78, 5) is 22.3. The third kappa shape index (κ3) is 5.59. The van der Waals surface area contributed by atoms with E-state index < -0.39 is 12.0 Å². The molecule has 0 saturated carbocycles. The van der Waals surface area contributed by atoms with E-state index in [1.807, 2.05) is 49.5 Å². The Hall–Kier alpha value is -3.95. The number of rotatable bonds is 7. The zero-order valence-corrected chi connectivity index (χ0v) is 19.6. The van der Waals surface area contributed by atoms with Crippen molar-refractivity contribution in [2.75, 3.05) is 17.3 Å². The normalized spacial score (nSPS) is 11.6. The van der Waals surface area contributed by atoms with Crippen LogP contribution in [0.4, 0.5) is 24.5 Å². The number of carbonyl (C=O) groups is 1. The standard InChI is InChI=1S/C25H25F3N6O/c1-16-21(17(2)34-24(29-16)31-23(32-34)25(26,27)28)13-14-22(35)30-19-9-11-20(12-10-19)33(3)15-18-7-5-4-6-8-18/h4-12H,13-15H2,1-3H3,(H,30,35). The number of amides is 1. The Labute approximate surface area is 200 Å². The monoisotopic (exact) mass is 482 g/mol. The van der Waals surface area contributed by atoms with Gasteiger partial charge in [0.2, 0.25) is 5.91 Å². The summed E-state index contributed by atoms with van der Waals surface area (Å²) in [5.41, 5.74) is 4.56. The maximum Gasteiger partial charge on any atom is 0.453 e. The minimum atomic E-state index is -4.65. The molecule has 10 heteroatoms. The molecule has 2 aromatic heterocycles. The van der Waals surface area contributed by atoms with Crippen molar-refractivity contribution in [1.82, 2.24) is 19.6 Å². The van der Waals surface area contributed by atoms with Gasteiger partial charge in [0.25, 0.3) is 11.6 Å². The quantitative estimate of drug-likeness (QED) is 0.403. The van der Waals surface area contributed by atoms with Gasteiger partial charge in [-0.2, -0.15) is 18.2 Å². The molecule has 0 radical (unpaired) electrons. The maximum atomic E-state index is 13.0. The molecular weight excluding hydrogens is 457 g/mol. The number of hydrogen-bond acceptors (Lipinski definition) is 5. The van der Waals surface area contributed by atoms with Gasteiger partial charge < -0.3 is 10.2 Å². The Bertz CT molecular complexity index is 1330. The van der Waals surface area contributed by atoms with Crippen molar-refractivity contribution in [3.8, 4) is 0 Å². The van der Waals surface area contributed by atoms with E-state index in [4.69, 9.17) is 0 Å². The minimum absolute atomic E-state index is 0.113. The van der Waals surface area contributed by atoms with E-state index in [0.717, 1.165) is 16.7 Å². The molecule has 0 bridgehead atoms. The van der Waals surface area contributed by atoms with Crippen molar-refractivity contribution < 1.29 is 18.0 Å². The van der Waals surface area contributed by atoms with Crippen LogP contribution >= 0.6 is 0 Å². The lowest BCUT2D eigenvalue weighted by molar-refractivity contribution is -0.144. The molecule has 35 heavy (non-hydrogen) atoms. The summed E-state index contributed by atoms with van der Waals surface area (Å²) in [5, 5.41) is 6.41. The lowest BCUT2D eigenvalue weighted by Crippen LogP contribution is -2.17. The number of nitrogens with one attached hydrogen (secondary N) is 1. The van der Waals surface area contributed by atoms with Crippen LogP contribution in [0.3, 0.4) is 0 Å². The summed E-state index contributed by atoms with van der Waals surface area (Å²) in [6.07, 6.45) is -4.20. The zero-order chi connectivity index (χ0) is 25.2. The third-order valence-corrected chi connectivity index (χ3v) is 5.76. The Balaban J connectivity index is 1.38. The predicted molar refractivity (Wildman–Crippen MR) is 127 cm³/mol. The van der Waals surface area contributed by atoms with Crippen LogP contribution in [0.2, 0.25) is 0 Å². The average Bonchev–Trinajstić information content (AvgIpc) is 3.25. The highest BCUT2D eigenvalue weighted by Gasteiger charge is 2.37. The zero-order valence-electron chi connectivity index (χ0n) is 19.6. The molecule has 182 valence electrons. The van der Waals surface area contributed by atoms with E-state index in [1.165, 1.54) is 5.56 Å². The Morgan fingerprint density at radius 3 is 2.37 bits per heavy atom. The van der Waals surface area contributed by atoms with E-state index in [9.17, 15) is 18.0 Å². The van der Waals surface area contributed by atoms with Crippen molar-refractivity contribution >= 4 is 23.1 Å². The van der Waals surface area contributed by atoms with E-state index in [-0.39, 0.29) is 18.1 Å². The molecular formula is C25H25F3N6O. The van der Waals surface area contributed by atoms with Crippen LogP contribution in [-0.2, 0) is 23.9 Å². The SMILES string of the molecule is Cc1nc2nc(C(F)(F)F)nn2c(C)c1CCC(=O)Nc1ccc(N(C)Cc2ccccc2)cc1. The highest BCUT2D eigenvalue weighted by Crippen LogP contribution is 2.27. The van der Waals surface area contributed by atoms with Crippen LogP contribution in [0.25, 0.3) is 5.78 Å². The molecule has 1 amide bonds. The second-order valence-electron chi connectivity index (χ2n) is 8.34. The highest BCUT2D eigenvalue weighted by atomic mass is 19.4. The molecule has 0 spiro atoms. The van der Waals surface area contributed by atoms with Gasteiger partial charge in [0.15, 0.2) is 0 Å². The fourth-order valence-corrected chi connectivity index (χ4v) is 3.90. The molecule has 0 saturated heterocycles. The van der Waals surface area contributed by atoms with Crippen LogP contribution in [0, 0.1) is 13.8 Å². The van der Waals surface area contributed by atoms with E-state index in [2.05, 4.69) is 37.4 Å². The van der Waals surface area contributed by atoms with Crippen molar-refractivity contribution in [3.63, 3.8) is 0 Å². The molecule has 4 aromatic rings. The number of hydrogen-bond donors (Lipinski definition) is 1. The highest BCUT2D eigenvalue weighted by molar-refractivity contribution is 5.91. The second-order valence-corrected chi connectivity index (χ2v) is 8.34. The topological polar surface area (TPSA) is 75.4 Å². The largest absolute Gasteiger partial charge is 0.453 e. The summed E-state index contributed by atoms with van der Waals surface area (Å²) in [5.74, 6) is -1.55. The summed E-state index contributed by atoms with van der Waals surface area (Å²) in [6.45, 7) is 4.10. The maximum absolute atomic E-state index is 13.0. The smallest absolute Gasteiger partial charge is 0.370 e. The summed E-state index contributed by atoms with van der Waals surface area (Å²) >= 11 is 0. The lowest BCUT2D eigenvalue weighted by Gasteiger charge is -2.20. The van der Waals surface area contributed by atoms with Gasteiger partial charge in [0.05, 0.1) is 0 Å². The molecule has 2 aromatic carbocycles. The number of benzene rings is 2. The Morgan fingerprint density at radius 1 is 1.03 bits per heavy atom. The molecule has 2 heterocycles. The van der Waals surface area contributed by atoms with Gasteiger partial charge in [0.1, 0.15) is 0 Å². The van der Waals surface area contributed by atoms with Gasteiger partial charge in [-0.1, -0.05) is 30.3 Å². The van der Waals surface area contributed by atoms with Gasteiger partial charge in [0, 0.05) is 42.8 Å². The summed E-state index contributed by atoms with van der Waals surface area (Å²) in [7, 11) is 2.00. The number of halogens is 3. The average molecular weight is 483 g/mol. The number of aromatic nitrogens is 4. The summed E-state index contributed by atoms with van der Waals surface area (Å²) in [6, 6.07) is 17.7. The number of carbonyl (C=O) groups excluding carboxylic acids is 1. The first-order valence-electron chi connectivity index (χ1n) is 11.1. The molecule has 0 atom stereocenters. The minimum Gasteiger partial charge on any atom is -0.370 e. The molecule has 0 unspecified atom stereocenters. The Morgan fingerprint density at radius 2 is 1.71 bits per heavy atom. The van der Waals surface area contributed by atoms with Gasteiger partial charge in [-0.25, -0.2) is 9.50 Å². The molecule has 0 fully saturated rings. The number of aryl methyl sites for hydroxylation is 2. The van der Waals surface area contributed by atoms with Gasteiger partial charge in [-0.15, -0.1) is 5.10 Å². The van der Waals surface area contributed by atoms with Gasteiger partial charge >= 0.3 is 6.18 Å². The first-order valence-corrected chi connectivity index (χ1v) is 11.1. The predicted octanol–water partition coefficient (Wildman–Crippen LogP) is 4.97. The van der Waals surface area contributed by atoms with Crippen molar-refractivity contribution in [1.29, 1.82) is 0 Å². The lowest BCUT2D eigenvalue weighted by atomic mass is 10.1. The first kappa shape index (κ1) is 24.2. The van der Waals surface area contributed by atoms with Crippen molar-refractivity contribution in [3.05, 3.63) is 82.9 Å². The molecule has 0 aliphatic rings. The number of alkyl halides is 3. The first-order chi connectivity index (χ1) is 16.6. The molecule has 7 nitrogen and oxygen atoms in total. The Kier molecular flexibility index (Phi) is 6.72. The van der Waals surface area contributed by atoms with Gasteiger partial charge in [-0.3, -0.25) is 4.79 Å². The molecule has 1 N–H and O–H groups in total. The summed E-state index contributed by atoms with van der Waals surface area (Å²) < 4.78 is 40.0. The van der Waals surface area contributed by atoms with Gasteiger partial charge in [-0.05, 0) is 55.7 Å². The van der Waals surface area contributed by atoms with Crippen molar-refractivity contribution in [2.45, 2.75) is 39.4 Å². The van der Waals surface area contributed by atoms with Crippen LogP contribution in [0.1, 0.15) is 34.8 Å². The second kappa shape index (κ2) is 9.73. The van der Waals surface area contributed by atoms with E-state index >= 15 is 0 Å². The molecule has 4 rings (SSSR count). The molecule has 0 aliphatic carbocycles. The fourth-order valence-electron chi connectivity index (χ4n) is 3.90. The molecule has 0 aliphatic heterocycles. The number of nitrogens with zero attached hydrogens (tertiary/aromatic N) is 5. The van der Waals surface area contributed by atoms with Crippen LogP contribution in [0.5, 0.6) is 0 Å². The van der Waals surface area contributed by atoms with Crippen LogP contribution in [-0.4, -0.2) is 32.5 Å². The van der Waals surface area contributed by atoms with E-state index in [0.29, 0.717) is 29.1 Å².